The summed E-state index contributed by atoms with van der Waals surface area (Å²) in [4.78, 5) is 34.2. The molecular weight excluding hydrogens is 456 g/mol. The zero-order chi connectivity index (χ0) is 24.5. The van der Waals surface area contributed by atoms with Crippen molar-refractivity contribution in [3.8, 4) is 0 Å². The third kappa shape index (κ3) is 5.27. The summed E-state index contributed by atoms with van der Waals surface area (Å²) < 4.78 is 17.6. The van der Waals surface area contributed by atoms with E-state index in [1.807, 2.05) is 45.2 Å². The second-order valence-electron chi connectivity index (χ2n) is 9.15. The number of nitrogens with two attached hydrogens (primary N) is 1. The molecule has 0 radical (unpaired) electrons. The minimum atomic E-state index is -1.18. The molecule has 1 amide bonds. The van der Waals surface area contributed by atoms with Gasteiger partial charge in [-0.3, -0.25) is 4.21 Å². The molecule has 0 fully saturated rings. The summed E-state index contributed by atoms with van der Waals surface area (Å²) in [7, 11) is 2.73. The Kier molecular flexibility index (Phi) is 6.69. The van der Waals surface area contributed by atoms with Gasteiger partial charge in [0.2, 0.25) is 5.95 Å². The van der Waals surface area contributed by atoms with Gasteiger partial charge in [-0.2, -0.15) is 4.98 Å². The lowest BCUT2D eigenvalue weighted by Crippen LogP contribution is -2.39. The highest BCUT2D eigenvalue weighted by Crippen LogP contribution is 2.32. The van der Waals surface area contributed by atoms with Crippen molar-refractivity contribution in [3.63, 3.8) is 0 Å². The van der Waals surface area contributed by atoms with Crippen LogP contribution in [0, 0.1) is 0 Å². The highest BCUT2D eigenvalue weighted by Gasteiger charge is 2.31. The van der Waals surface area contributed by atoms with Crippen LogP contribution in [-0.4, -0.2) is 75.3 Å². The van der Waals surface area contributed by atoms with Crippen molar-refractivity contribution in [2.45, 2.75) is 37.1 Å². The Labute approximate surface area is 201 Å². The van der Waals surface area contributed by atoms with Crippen molar-refractivity contribution in [2.24, 2.45) is 5.73 Å². The Morgan fingerprint density at radius 2 is 2.00 bits per heavy atom. The molecule has 2 aromatic rings. The first-order valence-corrected chi connectivity index (χ1v) is 12.4. The number of amides is 1. The first kappa shape index (κ1) is 23.9. The third-order valence-corrected chi connectivity index (χ3v) is 7.10. The maximum absolute atomic E-state index is 12.6. The summed E-state index contributed by atoms with van der Waals surface area (Å²) in [6.07, 6.45) is 6.28. The molecule has 0 bridgehead atoms. The van der Waals surface area contributed by atoms with Gasteiger partial charge in [0, 0.05) is 39.4 Å². The van der Waals surface area contributed by atoms with Crippen LogP contribution in [0.2, 0.25) is 0 Å². The van der Waals surface area contributed by atoms with Crippen molar-refractivity contribution in [1.82, 2.24) is 19.9 Å². The zero-order valence-electron chi connectivity index (χ0n) is 19.9. The van der Waals surface area contributed by atoms with Crippen LogP contribution in [0.15, 0.2) is 23.4 Å². The van der Waals surface area contributed by atoms with E-state index < -0.39 is 22.4 Å². The molecule has 4 rings (SSSR count). The number of hydrogen-bond donors (Lipinski definition) is 2. The second-order valence-corrected chi connectivity index (χ2v) is 10.7. The summed E-state index contributed by atoms with van der Waals surface area (Å²) in [5.41, 5.74) is 7.28. The zero-order valence-corrected chi connectivity index (χ0v) is 20.7. The summed E-state index contributed by atoms with van der Waals surface area (Å²) in [6, 6.07) is 0. The van der Waals surface area contributed by atoms with Crippen molar-refractivity contribution in [1.29, 1.82) is 0 Å². The lowest BCUT2D eigenvalue weighted by Gasteiger charge is -2.29. The van der Waals surface area contributed by atoms with Crippen LogP contribution >= 0.6 is 0 Å². The molecular formula is C22H30N8O3S. The number of fused-ring (bicyclic) bond motifs is 1. The quantitative estimate of drug-likeness (QED) is 0.593. The van der Waals surface area contributed by atoms with E-state index in [1.54, 1.807) is 0 Å². The van der Waals surface area contributed by atoms with E-state index >= 15 is 0 Å². The van der Waals surface area contributed by atoms with E-state index in [2.05, 4.69) is 26.3 Å². The Morgan fingerprint density at radius 3 is 2.62 bits per heavy atom. The molecule has 4 heterocycles. The van der Waals surface area contributed by atoms with Crippen LogP contribution in [0.1, 0.15) is 31.8 Å². The Hall–Kier alpha value is -3.28. The topological polar surface area (TPSA) is 139 Å². The molecule has 3 N–H and O–H groups in total. The normalized spacial score (nSPS) is 17.7. The summed E-state index contributed by atoms with van der Waals surface area (Å²) in [6.45, 7) is 5.09. The van der Waals surface area contributed by atoms with E-state index in [0.29, 0.717) is 41.9 Å². The summed E-state index contributed by atoms with van der Waals surface area (Å²) in [5, 5.41) is 3.29. The number of anilines is 3. The SMILES string of the molecule is CN(C)c1cnc(C2=CCN(c3nc4c(c(NC(C)(C)COC(N)=O)n3)S(=O)CC4)CC2)nc1. The molecule has 1 unspecified atom stereocenters. The van der Waals surface area contributed by atoms with Crippen LogP contribution in [-0.2, 0) is 22.0 Å². The van der Waals surface area contributed by atoms with E-state index in [9.17, 15) is 9.00 Å². The smallest absolute Gasteiger partial charge is 0.404 e. The molecule has 182 valence electrons. The average Bonchev–Trinajstić information content (AvgIpc) is 3.19. The standard InChI is InChI=1S/C22H30N8O3S/c1-22(2,13-33-20(23)31)28-19-17-16(7-10-34(17)32)26-21(27-19)30-8-5-14(6-9-30)18-24-11-15(12-25-18)29(3)4/h5,11-12H,6-10,13H2,1-4H3,(H2,23,31)(H,26,27,28). The number of carbonyl (C=O) groups excluding carboxylic acids is 1. The van der Waals surface area contributed by atoms with Gasteiger partial charge in [0.05, 0.1) is 40.1 Å². The number of hydrogen-bond acceptors (Lipinski definition) is 10. The average molecular weight is 487 g/mol. The molecule has 34 heavy (non-hydrogen) atoms. The molecule has 0 saturated carbocycles. The maximum atomic E-state index is 12.6. The number of nitrogens with one attached hydrogen (secondary N) is 1. The van der Waals surface area contributed by atoms with Gasteiger partial charge in [0.25, 0.3) is 0 Å². The fourth-order valence-corrected chi connectivity index (χ4v) is 5.10. The fourth-order valence-electron chi connectivity index (χ4n) is 3.79. The van der Waals surface area contributed by atoms with Crippen LogP contribution in [0.3, 0.4) is 0 Å². The highest BCUT2D eigenvalue weighted by atomic mass is 32.2. The minimum absolute atomic E-state index is 0.0471. The minimum Gasteiger partial charge on any atom is -0.447 e. The molecule has 2 aromatic heterocycles. The Morgan fingerprint density at radius 1 is 1.26 bits per heavy atom. The molecule has 1 atom stereocenters. The lowest BCUT2D eigenvalue weighted by molar-refractivity contribution is 0.138. The molecule has 2 aliphatic heterocycles. The summed E-state index contributed by atoms with van der Waals surface area (Å²) >= 11 is 0. The second kappa shape index (κ2) is 9.53. The van der Waals surface area contributed by atoms with Crippen molar-refractivity contribution in [3.05, 3.63) is 30.0 Å². The van der Waals surface area contributed by atoms with Gasteiger partial charge in [-0.05, 0) is 25.8 Å². The van der Waals surface area contributed by atoms with Crippen molar-refractivity contribution < 1.29 is 13.7 Å². The number of rotatable bonds is 7. The van der Waals surface area contributed by atoms with Gasteiger partial charge in [0.15, 0.2) is 5.82 Å². The largest absolute Gasteiger partial charge is 0.447 e. The molecule has 0 saturated heterocycles. The molecule has 0 spiro atoms. The van der Waals surface area contributed by atoms with Gasteiger partial charge in [0.1, 0.15) is 17.3 Å². The van der Waals surface area contributed by atoms with Crippen LogP contribution in [0.4, 0.5) is 22.2 Å². The Balaban J connectivity index is 1.55. The molecule has 0 aliphatic carbocycles. The number of aryl methyl sites for hydroxylation is 1. The van der Waals surface area contributed by atoms with Crippen LogP contribution in [0.5, 0.6) is 0 Å². The van der Waals surface area contributed by atoms with E-state index in [0.717, 1.165) is 29.2 Å². The lowest BCUT2D eigenvalue weighted by atomic mass is 10.1. The molecule has 12 heteroatoms. The van der Waals surface area contributed by atoms with E-state index in [4.69, 9.17) is 20.4 Å². The Bertz CT molecular complexity index is 1130. The van der Waals surface area contributed by atoms with Crippen molar-refractivity contribution in [2.75, 3.05) is 54.7 Å². The monoisotopic (exact) mass is 486 g/mol. The highest BCUT2D eigenvalue weighted by molar-refractivity contribution is 7.85. The molecule has 11 nitrogen and oxygen atoms in total. The predicted octanol–water partition coefficient (Wildman–Crippen LogP) is 1.58. The fraction of sp³-hybridized carbons (Fsp3) is 0.500. The number of nitrogens with zero attached hydrogens (tertiary/aromatic N) is 6. The van der Waals surface area contributed by atoms with E-state index in [1.165, 1.54) is 0 Å². The van der Waals surface area contributed by atoms with Crippen molar-refractivity contribution >= 4 is 39.9 Å². The van der Waals surface area contributed by atoms with Crippen LogP contribution < -0.4 is 20.9 Å². The maximum Gasteiger partial charge on any atom is 0.404 e. The van der Waals surface area contributed by atoms with Gasteiger partial charge in [-0.15, -0.1) is 0 Å². The molecule has 0 aromatic carbocycles. The predicted molar refractivity (Wildman–Crippen MR) is 131 cm³/mol. The summed E-state index contributed by atoms with van der Waals surface area (Å²) in [5.74, 6) is 2.33. The van der Waals surface area contributed by atoms with Gasteiger partial charge >= 0.3 is 6.09 Å². The number of primary amides is 1. The number of aromatic nitrogens is 4. The van der Waals surface area contributed by atoms with E-state index in [-0.39, 0.29) is 6.61 Å². The third-order valence-electron chi connectivity index (χ3n) is 5.64. The van der Waals surface area contributed by atoms with Gasteiger partial charge < -0.3 is 25.6 Å². The molecule has 2 aliphatic rings. The van der Waals surface area contributed by atoms with Gasteiger partial charge in [-0.1, -0.05) is 6.08 Å². The van der Waals surface area contributed by atoms with Crippen LogP contribution in [0.25, 0.3) is 5.57 Å². The number of ether oxygens (including phenoxy) is 1. The van der Waals surface area contributed by atoms with Gasteiger partial charge in [-0.25, -0.2) is 19.7 Å². The first-order valence-electron chi connectivity index (χ1n) is 11.1. The number of carbonyl (C=O) groups is 1. The first-order chi connectivity index (χ1) is 16.1.